The fraction of sp³-hybridized carbons (Fsp3) is 0.500. The zero-order valence-corrected chi connectivity index (χ0v) is 21.1. The van der Waals surface area contributed by atoms with Crippen molar-refractivity contribution in [2.45, 2.75) is 38.8 Å². The summed E-state index contributed by atoms with van der Waals surface area (Å²) in [5.74, 6) is -0.176. The van der Waals surface area contributed by atoms with Gasteiger partial charge in [0.05, 0.1) is 23.9 Å². The lowest BCUT2D eigenvalue weighted by atomic mass is 10.0. The van der Waals surface area contributed by atoms with E-state index in [2.05, 4.69) is 15.3 Å². The standard InChI is InChI=1S/C26H33N5O5/c1-16-13-31(26(34)21-12-27-9-10-28-21)17(2)15-36-22-8-7-19(29-24(32)18-5-6-18)11-20(22)25(33)30(3)14-23(16)35-4/h7-12,16-18,23H,5-6,13-15H2,1-4H3,(H,29,32)/t16-,17-,23-/m1/s1. The number of aromatic nitrogens is 2. The van der Waals surface area contributed by atoms with Crippen molar-refractivity contribution in [2.75, 3.05) is 39.2 Å². The number of likely N-dealkylation sites (N-methyl/N-ethyl adjacent to an activating group) is 1. The second-order valence-electron chi connectivity index (χ2n) is 9.62. The van der Waals surface area contributed by atoms with Gasteiger partial charge in [0.25, 0.3) is 11.8 Å². The molecule has 10 nitrogen and oxygen atoms in total. The molecule has 0 radical (unpaired) electrons. The summed E-state index contributed by atoms with van der Waals surface area (Å²) in [5.41, 5.74) is 1.14. The Morgan fingerprint density at radius 2 is 1.94 bits per heavy atom. The highest BCUT2D eigenvalue weighted by Crippen LogP contribution is 2.31. The van der Waals surface area contributed by atoms with Gasteiger partial charge in [-0.25, -0.2) is 4.98 Å². The molecule has 3 atom stereocenters. The zero-order valence-electron chi connectivity index (χ0n) is 21.1. The molecule has 4 rings (SSSR count). The highest BCUT2D eigenvalue weighted by molar-refractivity contribution is 6.00. The van der Waals surface area contributed by atoms with Crippen molar-refractivity contribution >= 4 is 23.4 Å². The van der Waals surface area contributed by atoms with Gasteiger partial charge in [0, 0.05) is 57.2 Å². The van der Waals surface area contributed by atoms with Crippen LogP contribution in [-0.4, -0.2) is 83.5 Å². The van der Waals surface area contributed by atoms with Crippen LogP contribution >= 0.6 is 0 Å². The molecule has 2 aliphatic rings. The minimum absolute atomic E-state index is 0.0371. The van der Waals surface area contributed by atoms with E-state index in [0.717, 1.165) is 12.8 Å². The number of methoxy groups -OCH3 is 1. The number of rotatable bonds is 4. The quantitative estimate of drug-likeness (QED) is 0.693. The van der Waals surface area contributed by atoms with E-state index in [-0.39, 0.29) is 54.0 Å². The second-order valence-corrected chi connectivity index (χ2v) is 9.62. The van der Waals surface area contributed by atoms with E-state index < -0.39 is 0 Å². The number of amides is 3. The molecular weight excluding hydrogens is 462 g/mol. The first-order valence-corrected chi connectivity index (χ1v) is 12.2. The Morgan fingerprint density at radius 3 is 2.61 bits per heavy atom. The van der Waals surface area contributed by atoms with E-state index in [1.807, 2.05) is 13.8 Å². The van der Waals surface area contributed by atoms with Crippen LogP contribution in [-0.2, 0) is 9.53 Å². The highest BCUT2D eigenvalue weighted by Gasteiger charge is 2.32. The number of hydrogen-bond acceptors (Lipinski definition) is 7. The normalized spacial score (nSPS) is 23.1. The molecule has 36 heavy (non-hydrogen) atoms. The summed E-state index contributed by atoms with van der Waals surface area (Å²) in [4.78, 5) is 50.6. The minimum atomic E-state index is -0.325. The second kappa shape index (κ2) is 11.0. The summed E-state index contributed by atoms with van der Waals surface area (Å²) in [6.07, 6.45) is 5.92. The Hall–Kier alpha value is -3.53. The van der Waals surface area contributed by atoms with Crippen LogP contribution in [0.5, 0.6) is 5.75 Å². The Bertz CT molecular complexity index is 1110. The van der Waals surface area contributed by atoms with Crippen LogP contribution in [0, 0.1) is 11.8 Å². The van der Waals surface area contributed by atoms with Gasteiger partial charge in [-0.15, -0.1) is 0 Å². The lowest BCUT2D eigenvalue weighted by molar-refractivity contribution is -0.117. The van der Waals surface area contributed by atoms with Crippen molar-refractivity contribution in [3.63, 3.8) is 0 Å². The lowest BCUT2D eigenvalue weighted by Crippen LogP contribution is -2.48. The van der Waals surface area contributed by atoms with Crippen LogP contribution in [0.3, 0.4) is 0 Å². The molecule has 1 aliphatic heterocycles. The van der Waals surface area contributed by atoms with Gasteiger partial charge in [0.1, 0.15) is 18.1 Å². The van der Waals surface area contributed by atoms with Crippen molar-refractivity contribution in [3.05, 3.63) is 48.0 Å². The predicted octanol–water partition coefficient (Wildman–Crippen LogP) is 2.47. The summed E-state index contributed by atoms with van der Waals surface area (Å²) in [7, 11) is 3.31. The molecule has 2 aromatic rings. The van der Waals surface area contributed by atoms with Crippen molar-refractivity contribution in [1.82, 2.24) is 19.8 Å². The summed E-state index contributed by atoms with van der Waals surface area (Å²) < 4.78 is 11.8. The van der Waals surface area contributed by atoms with Crippen LogP contribution in [0.2, 0.25) is 0 Å². The fourth-order valence-corrected chi connectivity index (χ4v) is 4.28. The topological polar surface area (TPSA) is 114 Å². The first-order chi connectivity index (χ1) is 17.3. The van der Waals surface area contributed by atoms with Gasteiger partial charge in [-0.3, -0.25) is 19.4 Å². The van der Waals surface area contributed by atoms with Crippen molar-refractivity contribution in [2.24, 2.45) is 11.8 Å². The van der Waals surface area contributed by atoms with Crippen molar-refractivity contribution in [1.29, 1.82) is 0 Å². The maximum Gasteiger partial charge on any atom is 0.274 e. The number of carbonyl (C=O) groups excluding carboxylic acids is 3. The van der Waals surface area contributed by atoms with Gasteiger partial charge in [0.2, 0.25) is 5.91 Å². The number of nitrogens with one attached hydrogen (secondary N) is 1. The van der Waals surface area contributed by atoms with E-state index >= 15 is 0 Å². The van der Waals surface area contributed by atoms with E-state index in [9.17, 15) is 14.4 Å². The molecule has 1 aromatic heterocycles. The zero-order chi connectivity index (χ0) is 25.8. The van der Waals surface area contributed by atoms with Gasteiger partial charge in [0.15, 0.2) is 0 Å². The van der Waals surface area contributed by atoms with E-state index in [0.29, 0.717) is 30.1 Å². The number of hydrogen-bond donors (Lipinski definition) is 1. The maximum absolute atomic E-state index is 13.4. The smallest absolute Gasteiger partial charge is 0.274 e. The van der Waals surface area contributed by atoms with Crippen LogP contribution in [0.25, 0.3) is 0 Å². The molecule has 3 amide bonds. The summed E-state index contributed by atoms with van der Waals surface area (Å²) >= 11 is 0. The first-order valence-electron chi connectivity index (χ1n) is 12.2. The van der Waals surface area contributed by atoms with Gasteiger partial charge in [-0.1, -0.05) is 6.92 Å². The minimum Gasteiger partial charge on any atom is -0.491 e. The van der Waals surface area contributed by atoms with Crippen LogP contribution < -0.4 is 10.1 Å². The average molecular weight is 496 g/mol. The summed E-state index contributed by atoms with van der Waals surface area (Å²) in [6, 6.07) is 4.74. The largest absolute Gasteiger partial charge is 0.491 e. The molecule has 1 aliphatic carbocycles. The first kappa shape index (κ1) is 25.6. The molecule has 0 spiro atoms. The lowest BCUT2D eigenvalue weighted by Gasteiger charge is -2.35. The van der Waals surface area contributed by atoms with Gasteiger partial charge < -0.3 is 24.6 Å². The molecular formula is C26H33N5O5. The van der Waals surface area contributed by atoms with Crippen LogP contribution in [0.15, 0.2) is 36.8 Å². The SMILES string of the molecule is CO[C@@H]1CN(C)C(=O)c2cc(NC(=O)C3CC3)ccc2OC[C@@H](C)N(C(=O)c2cnccn2)C[C@H]1C. The Morgan fingerprint density at radius 1 is 1.17 bits per heavy atom. The van der Waals surface area contributed by atoms with E-state index in [1.54, 1.807) is 42.2 Å². The molecule has 0 saturated heterocycles. The summed E-state index contributed by atoms with van der Waals surface area (Å²) in [6.45, 7) is 4.75. The average Bonchev–Trinajstić information content (AvgIpc) is 3.74. The predicted molar refractivity (Wildman–Crippen MR) is 133 cm³/mol. The third-order valence-electron chi connectivity index (χ3n) is 6.70. The number of ether oxygens (including phenoxy) is 2. The highest BCUT2D eigenvalue weighted by atomic mass is 16.5. The number of benzene rings is 1. The van der Waals surface area contributed by atoms with Crippen molar-refractivity contribution < 1.29 is 23.9 Å². The Kier molecular flexibility index (Phi) is 7.83. The van der Waals surface area contributed by atoms with Crippen molar-refractivity contribution in [3.8, 4) is 5.75 Å². The molecule has 2 heterocycles. The Balaban J connectivity index is 1.65. The van der Waals surface area contributed by atoms with E-state index in [4.69, 9.17) is 9.47 Å². The number of carbonyl (C=O) groups is 3. The summed E-state index contributed by atoms with van der Waals surface area (Å²) in [5, 5.41) is 2.90. The third kappa shape index (κ3) is 5.81. The number of anilines is 1. The fourth-order valence-electron chi connectivity index (χ4n) is 4.28. The van der Waals surface area contributed by atoms with Gasteiger partial charge >= 0.3 is 0 Å². The van der Waals surface area contributed by atoms with Crippen LogP contribution in [0.1, 0.15) is 47.5 Å². The third-order valence-corrected chi connectivity index (χ3v) is 6.70. The molecule has 1 aromatic carbocycles. The molecule has 1 N–H and O–H groups in total. The maximum atomic E-state index is 13.4. The van der Waals surface area contributed by atoms with Gasteiger partial charge in [-0.2, -0.15) is 0 Å². The van der Waals surface area contributed by atoms with Gasteiger partial charge in [-0.05, 0) is 38.0 Å². The molecule has 0 unspecified atom stereocenters. The monoisotopic (exact) mass is 495 g/mol. The molecule has 1 fully saturated rings. The molecule has 10 heteroatoms. The molecule has 192 valence electrons. The Labute approximate surface area is 211 Å². The number of nitrogens with zero attached hydrogens (tertiary/aromatic N) is 4. The van der Waals surface area contributed by atoms with Crippen LogP contribution in [0.4, 0.5) is 5.69 Å². The molecule has 0 bridgehead atoms. The number of fused-ring (bicyclic) bond motifs is 1. The molecule has 1 saturated carbocycles. The van der Waals surface area contributed by atoms with E-state index in [1.165, 1.54) is 18.6 Å².